The number of nitrogens with zero attached hydrogens (tertiary/aromatic N) is 4. The van der Waals surface area contributed by atoms with Gasteiger partial charge >= 0.3 is 0 Å². The minimum atomic E-state index is -0.821. The molecule has 136 valence electrons. The fraction of sp³-hybridized carbons (Fsp3) is 0.500. The van der Waals surface area contributed by atoms with Gasteiger partial charge in [0, 0.05) is 22.6 Å². The fourth-order valence-electron chi connectivity index (χ4n) is 1.94. The van der Waals surface area contributed by atoms with Crippen LogP contribution in [0.3, 0.4) is 0 Å². The highest BCUT2D eigenvalue weighted by Gasteiger charge is 2.12. The lowest BCUT2D eigenvalue weighted by Gasteiger charge is -1.97. The van der Waals surface area contributed by atoms with E-state index in [0.717, 1.165) is 21.1 Å². The Kier molecular flexibility index (Phi) is 6.41. The molecule has 0 spiro atoms. The van der Waals surface area contributed by atoms with E-state index < -0.39 is 10.2 Å². The third-order valence-corrected chi connectivity index (χ3v) is 5.32. The smallest absolute Gasteiger partial charge is 0.294 e. The van der Waals surface area contributed by atoms with Gasteiger partial charge in [0.05, 0.1) is 11.4 Å². The van der Waals surface area contributed by atoms with Crippen LogP contribution >= 0.6 is 22.7 Å². The van der Waals surface area contributed by atoms with Gasteiger partial charge in [-0.1, -0.05) is 0 Å². The van der Waals surface area contributed by atoms with E-state index in [0.29, 0.717) is 23.1 Å². The maximum atomic E-state index is 10.2. The largest absolute Gasteiger partial charge is 0.314 e. The van der Waals surface area contributed by atoms with Gasteiger partial charge in [-0.2, -0.15) is 0 Å². The number of hydrogen-bond acceptors (Lipinski definition) is 11. The lowest BCUT2D eigenvalue weighted by Crippen LogP contribution is -2.04. The molecule has 0 fully saturated rings. The maximum Gasteiger partial charge on any atom is 0.294 e. The summed E-state index contributed by atoms with van der Waals surface area (Å²) in [5.41, 5.74) is 1.54. The van der Waals surface area contributed by atoms with Crippen molar-refractivity contribution in [2.75, 3.05) is 18.5 Å². The zero-order valence-electron chi connectivity index (χ0n) is 13.4. The first-order valence-corrected chi connectivity index (χ1v) is 8.72. The second-order valence-electron chi connectivity index (χ2n) is 4.79. The zero-order valence-corrected chi connectivity index (χ0v) is 15.0. The Morgan fingerprint density at radius 2 is 1.32 bits per heavy atom. The van der Waals surface area contributed by atoms with Crippen molar-refractivity contribution in [3.8, 4) is 0 Å². The van der Waals surface area contributed by atoms with E-state index >= 15 is 0 Å². The van der Waals surface area contributed by atoms with Crippen LogP contribution in [0.5, 0.6) is 0 Å². The minimum absolute atomic E-state index is 0.0214. The molecular weight excluding hydrogens is 374 g/mol. The first-order chi connectivity index (χ1) is 11.8. The predicted octanol–water partition coefficient (Wildman–Crippen LogP) is 2.46. The Morgan fingerprint density at radius 1 is 0.920 bits per heavy atom. The van der Waals surface area contributed by atoms with Gasteiger partial charge in [0.2, 0.25) is 0 Å². The molecule has 0 saturated heterocycles. The molecule has 0 aliphatic carbocycles. The van der Waals surface area contributed by atoms with Crippen molar-refractivity contribution in [2.45, 2.75) is 26.7 Å². The summed E-state index contributed by atoms with van der Waals surface area (Å²) < 4.78 is 0. The molecule has 0 unspecified atom stereocenters. The Hall–Kier alpha value is -2.54. The van der Waals surface area contributed by atoms with Crippen molar-refractivity contribution in [1.29, 1.82) is 0 Å². The van der Waals surface area contributed by atoms with Crippen LogP contribution in [0, 0.1) is 34.1 Å². The van der Waals surface area contributed by atoms with E-state index in [1.54, 1.807) is 0 Å². The number of thiazole rings is 2. The molecule has 2 aromatic rings. The maximum absolute atomic E-state index is 10.2. The fourth-order valence-corrected chi connectivity index (χ4v) is 3.89. The van der Waals surface area contributed by atoms with Gasteiger partial charge in [-0.15, -0.1) is 42.9 Å². The molecule has 2 heterocycles. The quantitative estimate of drug-likeness (QED) is 0.478. The molecule has 1 N–H and O–H groups in total. The first kappa shape index (κ1) is 18.8. The number of aryl methyl sites for hydroxylation is 2. The predicted molar refractivity (Wildman–Crippen MR) is 90.3 cm³/mol. The number of anilines is 2. The van der Waals surface area contributed by atoms with Gasteiger partial charge in [-0.25, -0.2) is 9.97 Å². The summed E-state index contributed by atoms with van der Waals surface area (Å²) in [5, 5.41) is 23.0. The molecule has 0 aromatic carbocycles. The number of nitrogens with one attached hydrogen (secondary N) is 1. The van der Waals surface area contributed by atoms with Crippen LogP contribution in [-0.4, -0.2) is 33.4 Å². The molecule has 0 aliphatic heterocycles. The molecule has 13 heteroatoms. The monoisotopic (exact) mass is 389 g/mol. The summed E-state index contributed by atoms with van der Waals surface area (Å²) in [5.74, 6) is 0. The molecule has 0 atom stereocenters. The van der Waals surface area contributed by atoms with Gasteiger partial charge in [-0.3, -0.25) is 0 Å². The summed E-state index contributed by atoms with van der Waals surface area (Å²) in [6.45, 7) is 3.59. The molecule has 0 aliphatic rings. The lowest BCUT2D eigenvalue weighted by molar-refractivity contribution is -0.757. The Bertz CT molecular complexity index is 699. The number of rotatable bonds is 10. The SMILES string of the molecule is Cc1nc(Nc2nc(C)c(CCO[N+](=O)[O-])s2)sc1CCO[N+](=O)[O-]. The van der Waals surface area contributed by atoms with Crippen molar-refractivity contribution < 1.29 is 19.8 Å². The number of aromatic nitrogens is 2. The van der Waals surface area contributed by atoms with Crippen molar-refractivity contribution >= 4 is 32.9 Å². The molecule has 25 heavy (non-hydrogen) atoms. The minimum Gasteiger partial charge on any atom is -0.314 e. The Morgan fingerprint density at radius 3 is 1.68 bits per heavy atom. The van der Waals surface area contributed by atoms with Crippen LogP contribution in [0.4, 0.5) is 10.3 Å². The molecule has 2 rings (SSSR count). The van der Waals surface area contributed by atoms with Crippen LogP contribution in [0.1, 0.15) is 21.1 Å². The molecule has 0 amide bonds. The van der Waals surface area contributed by atoms with E-state index in [9.17, 15) is 20.2 Å². The van der Waals surface area contributed by atoms with Gasteiger partial charge in [0.25, 0.3) is 10.2 Å². The average molecular weight is 389 g/mol. The van der Waals surface area contributed by atoms with Crippen molar-refractivity contribution in [3.05, 3.63) is 41.4 Å². The van der Waals surface area contributed by atoms with Crippen molar-refractivity contribution in [3.63, 3.8) is 0 Å². The van der Waals surface area contributed by atoms with E-state index in [-0.39, 0.29) is 13.2 Å². The van der Waals surface area contributed by atoms with Crippen molar-refractivity contribution in [2.24, 2.45) is 0 Å². The summed E-state index contributed by atoms with van der Waals surface area (Å²) in [7, 11) is 0. The highest BCUT2D eigenvalue weighted by molar-refractivity contribution is 7.17. The van der Waals surface area contributed by atoms with E-state index in [1.807, 2.05) is 13.8 Å². The molecule has 0 bridgehead atoms. The standard InChI is InChI=1S/C12H15N5O6S2/c1-7-9(3-5-22-16(18)19)24-11(13-7)15-12-14-8(2)10(25-12)4-6-23-17(20)21/h3-6H2,1-2H3,(H,13,14,15). The van der Waals surface area contributed by atoms with E-state index in [1.165, 1.54) is 22.7 Å². The number of hydrogen-bond donors (Lipinski definition) is 1. The van der Waals surface area contributed by atoms with Gasteiger partial charge in [-0.05, 0) is 13.8 Å². The molecule has 0 radical (unpaired) electrons. The average Bonchev–Trinajstić information content (AvgIpc) is 3.02. The Labute approximate surface area is 149 Å². The highest BCUT2D eigenvalue weighted by atomic mass is 32.1. The molecule has 11 nitrogen and oxygen atoms in total. The molecule has 0 saturated carbocycles. The first-order valence-electron chi connectivity index (χ1n) is 7.09. The van der Waals surface area contributed by atoms with Crippen LogP contribution < -0.4 is 5.32 Å². The van der Waals surface area contributed by atoms with E-state index in [4.69, 9.17) is 0 Å². The normalized spacial score (nSPS) is 10.5. The Balaban J connectivity index is 1.95. The summed E-state index contributed by atoms with van der Waals surface area (Å²) in [4.78, 5) is 39.5. The summed E-state index contributed by atoms with van der Waals surface area (Å²) in [6, 6.07) is 0. The topological polar surface area (TPSA) is 143 Å². The van der Waals surface area contributed by atoms with Crippen LogP contribution in [-0.2, 0) is 22.5 Å². The van der Waals surface area contributed by atoms with Crippen molar-refractivity contribution in [1.82, 2.24) is 9.97 Å². The van der Waals surface area contributed by atoms with Gasteiger partial charge in [0.15, 0.2) is 10.3 Å². The van der Waals surface area contributed by atoms with Gasteiger partial charge in [0.1, 0.15) is 13.2 Å². The summed E-state index contributed by atoms with van der Waals surface area (Å²) in [6.07, 6.45) is 0.791. The molecule has 2 aromatic heterocycles. The second-order valence-corrected chi connectivity index (χ2v) is 6.96. The van der Waals surface area contributed by atoms with E-state index in [2.05, 4.69) is 25.0 Å². The zero-order chi connectivity index (χ0) is 18.4. The van der Waals surface area contributed by atoms with Gasteiger partial charge < -0.3 is 15.0 Å². The highest BCUT2D eigenvalue weighted by Crippen LogP contribution is 2.30. The lowest BCUT2D eigenvalue weighted by atomic mass is 10.3. The second kappa shape index (κ2) is 8.53. The van der Waals surface area contributed by atoms with Crippen LogP contribution in [0.15, 0.2) is 0 Å². The van der Waals surface area contributed by atoms with Crippen LogP contribution in [0.2, 0.25) is 0 Å². The third kappa shape index (κ3) is 5.79. The summed E-state index contributed by atoms with van der Waals surface area (Å²) >= 11 is 2.74. The molecular formula is C12H15N5O6S2. The third-order valence-electron chi connectivity index (χ3n) is 3.05. The van der Waals surface area contributed by atoms with Crippen LogP contribution in [0.25, 0.3) is 0 Å².